The Kier molecular flexibility index (Phi) is 6.83. The van der Waals surface area contributed by atoms with Crippen molar-refractivity contribution in [2.24, 2.45) is 11.8 Å². The highest BCUT2D eigenvalue weighted by Gasteiger charge is 2.33. The van der Waals surface area contributed by atoms with Gasteiger partial charge in [-0.3, -0.25) is 0 Å². The molecular weight excluding hydrogens is 244 g/mol. The first-order chi connectivity index (χ1) is 9.74. The van der Waals surface area contributed by atoms with Crippen LogP contribution in [-0.4, -0.2) is 37.1 Å². The lowest BCUT2D eigenvalue weighted by Crippen LogP contribution is -2.52. The molecule has 118 valence electrons. The molecule has 3 atom stereocenters. The third-order valence-corrected chi connectivity index (χ3v) is 5.68. The van der Waals surface area contributed by atoms with Gasteiger partial charge >= 0.3 is 0 Å². The van der Waals surface area contributed by atoms with Crippen LogP contribution in [-0.2, 0) is 0 Å². The Balaban J connectivity index is 1.90. The Morgan fingerprint density at radius 1 is 1.00 bits per heavy atom. The summed E-state index contributed by atoms with van der Waals surface area (Å²) in [6.07, 6.45) is 12.9. The fourth-order valence-corrected chi connectivity index (χ4v) is 4.62. The molecule has 1 N–H and O–H groups in total. The molecule has 2 aliphatic rings. The van der Waals surface area contributed by atoms with Crippen molar-refractivity contribution in [2.45, 2.75) is 83.7 Å². The molecule has 0 bridgehead atoms. The highest BCUT2D eigenvalue weighted by molar-refractivity contribution is 4.91. The predicted molar refractivity (Wildman–Crippen MR) is 88.1 cm³/mol. The van der Waals surface area contributed by atoms with Gasteiger partial charge in [-0.25, -0.2) is 0 Å². The molecule has 0 saturated heterocycles. The number of nitrogens with one attached hydrogen (secondary N) is 1. The molecule has 2 nitrogen and oxygen atoms in total. The summed E-state index contributed by atoms with van der Waals surface area (Å²) in [4.78, 5) is 2.71. The van der Waals surface area contributed by atoms with Gasteiger partial charge in [0.15, 0.2) is 0 Å². The van der Waals surface area contributed by atoms with E-state index in [1.165, 1.54) is 64.3 Å². The van der Waals surface area contributed by atoms with Gasteiger partial charge in [0.2, 0.25) is 0 Å². The number of hydrogen-bond acceptors (Lipinski definition) is 2. The minimum absolute atomic E-state index is 0.736. The lowest BCUT2D eigenvalue weighted by molar-refractivity contribution is 0.103. The van der Waals surface area contributed by atoms with E-state index in [2.05, 4.69) is 31.1 Å². The quantitative estimate of drug-likeness (QED) is 0.756. The first kappa shape index (κ1) is 16.3. The molecule has 3 unspecified atom stereocenters. The fraction of sp³-hybridized carbons (Fsp3) is 1.00. The highest BCUT2D eigenvalue weighted by Crippen LogP contribution is 2.32. The molecule has 2 fully saturated rings. The van der Waals surface area contributed by atoms with E-state index >= 15 is 0 Å². The smallest absolute Gasteiger partial charge is 0.0249 e. The van der Waals surface area contributed by atoms with E-state index in [0.29, 0.717) is 0 Å². The summed E-state index contributed by atoms with van der Waals surface area (Å²) in [6.45, 7) is 7.06. The Morgan fingerprint density at radius 3 is 2.40 bits per heavy atom. The van der Waals surface area contributed by atoms with Gasteiger partial charge in [-0.05, 0) is 57.5 Å². The Morgan fingerprint density at radius 2 is 1.75 bits per heavy atom. The molecule has 0 radical (unpaired) electrons. The molecule has 0 aromatic heterocycles. The lowest BCUT2D eigenvalue weighted by atomic mass is 9.79. The van der Waals surface area contributed by atoms with Crippen LogP contribution in [0.15, 0.2) is 0 Å². The first-order valence-electron chi connectivity index (χ1n) is 9.18. The summed E-state index contributed by atoms with van der Waals surface area (Å²) in [7, 11) is 2.39. The van der Waals surface area contributed by atoms with Crippen LogP contribution < -0.4 is 5.32 Å². The molecule has 0 spiro atoms. The maximum Gasteiger partial charge on any atom is 0.0249 e. The number of likely N-dealkylation sites (N-methyl/N-ethyl adjacent to an activating group) is 2. The van der Waals surface area contributed by atoms with Crippen LogP contribution in [0.4, 0.5) is 0 Å². The van der Waals surface area contributed by atoms with E-state index in [4.69, 9.17) is 0 Å². The van der Waals surface area contributed by atoms with Crippen molar-refractivity contribution in [3.63, 3.8) is 0 Å². The van der Waals surface area contributed by atoms with Crippen molar-refractivity contribution in [3.05, 3.63) is 0 Å². The van der Waals surface area contributed by atoms with Crippen molar-refractivity contribution in [1.29, 1.82) is 0 Å². The van der Waals surface area contributed by atoms with E-state index in [0.717, 1.165) is 30.5 Å². The van der Waals surface area contributed by atoms with E-state index in [1.807, 2.05) is 0 Å². The second-order valence-electron chi connectivity index (χ2n) is 7.29. The monoisotopic (exact) mass is 280 g/mol. The minimum atomic E-state index is 0.736. The zero-order valence-electron chi connectivity index (χ0n) is 14.0. The first-order valence-corrected chi connectivity index (χ1v) is 9.18. The van der Waals surface area contributed by atoms with Crippen LogP contribution in [0, 0.1) is 11.8 Å². The second kappa shape index (κ2) is 8.38. The van der Waals surface area contributed by atoms with Crippen LogP contribution in [0.5, 0.6) is 0 Å². The highest BCUT2D eigenvalue weighted by atomic mass is 15.2. The number of rotatable bonds is 7. The van der Waals surface area contributed by atoms with Crippen molar-refractivity contribution < 1.29 is 0 Å². The SMILES string of the molecule is CCCC1CCC(NCC)C(N(C)CC2CCCC2)C1. The molecule has 20 heavy (non-hydrogen) atoms. The summed E-state index contributed by atoms with van der Waals surface area (Å²) < 4.78 is 0. The fourth-order valence-electron chi connectivity index (χ4n) is 4.62. The Hall–Kier alpha value is -0.0800. The zero-order chi connectivity index (χ0) is 14.4. The second-order valence-corrected chi connectivity index (χ2v) is 7.29. The maximum absolute atomic E-state index is 3.76. The number of hydrogen-bond donors (Lipinski definition) is 1. The molecule has 2 saturated carbocycles. The van der Waals surface area contributed by atoms with Gasteiger partial charge in [0.25, 0.3) is 0 Å². The Bertz CT molecular complexity index is 260. The summed E-state index contributed by atoms with van der Waals surface area (Å²) in [5.74, 6) is 1.96. The molecular formula is C18H36N2. The van der Waals surface area contributed by atoms with Gasteiger partial charge in [-0.1, -0.05) is 39.5 Å². The van der Waals surface area contributed by atoms with Gasteiger partial charge < -0.3 is 10.2 Å². The molecule has 0 aliphatic heterocycles. The predicted octanol–water partition coefficient (Wildman–Crippen LogP) is 4.06. The van der Waals surface area contributed by atoms with E-state index in [1.54, 1.807) is 0 Å². The molecule has 2 heteroatoms. The van der Waals surface area contributed by atoms with Crippen molar-refractivity contribution in [1.82, 2.24) is 10.2 Å². The van der Waals surface area contributed by atoms with Gasteiger partial charge in [0.1, 0.15) is 0 Å². The summed E-state index contributed by atoms with van der Waals surface area (Å²) in [5.41, 5.74) is 0. The molecule has 2 aliphatic carbocycles. The van der Waals surface area contributed by atoms with E-state index < -0.39 is 0 Å². The molecule has 0 aromatic rings. The van der Waals surface area contributed by atoms with Crippen LogP contribution in [0.1, 0.15) is 71.6 Å². The van der Waals surface area contributed by atoms with Crippen LogP contribution in [0.3, 0.4) is 0 Å². The van der Waals surface area contributed by atoms with Crippen LogP contribution in [0.2, 0.25) is 0 Å². The number of nitrogens with zero attached hydrogens (tertiary/aromatic N) is 1. The van der Waals surface area contributed by atoms with Gasteiger partial charge in [-0.15, -0.1) is 0 Å². The largest absolute Gasteiger partial charge is 0.313 e. The summed E-state index contributed by atoms with van der Waals surface area (Å²) in [6, 6.07) is 1.51. The average Bonchev–Trinajstić information content (AvgIpc) is 2.94. The topological polar surface area (TPSA) is 15.3 Å². The normalized spacial score (nSPS) is 32.1. The Labute approximate surface area is 126 Å². The molecule has 0 aromatic carbocycles. The van der Waals surface area contributed by atoms with Crippen LogP contribution in [0.25, 0.3) is 0 Å². The molecule has 0 amide bonds. The summed E-state index contributed by atoms with van der Waals surface area (Å²) >= 11 is 0. The molecule has 0 heterocycles. The standard InChI is InChI=1S/C18H36N2/c1-4-8-15-11-12-17(19-5-2)18(13-15)20(3)14-16-9-6-7-10-16/h15-19H,4-14H2,1-3H3. The van der Waals surface area contributed by atoms with E-state index in [9.17, 15) is 0 Å². The zero-order valence-corrected chi connectivity index (χ0v) is 14.0. The van der Waals surface area contributed by atoms with Gasteiger partial charge in [0, 0.05) is 18.6 Å². The summed E-state index contributed by atoms with van der Waals surface area (Å²) in [5, 5.41) is 3.76. The maximum atomic E-state index is 3.76. The van der Waals surface area contributed by atoms with E-state index in [-0.39, 0.29) is 0 Å². The third kappa shape index (κ3) is 4.46. The minimum Gasteiger partial charge on any atom is -0.313 e. The van der Waals surface area contributed by atoms with Crippen molar-refractivity contribution >= 4 is 0 Å². The third-order valence-electron chi connectivity index (χ3n) is 5.68. The average molecular weight is 281 g/mol. The van der Waals surface area contributed by atoms with Crippen molar-refractivity contribution in [2.75, 3.05) is 20.1 Å². The van der Waals surface area contributed by atoms with Crippen molar-refractivity contribution in [3.8, 4) is 0 Å². The lowest BCUT2D eigenvalue weighted by Gasteiger charge is -2.42. The van der Waals surface area contributed by atoms with Crippen LogP contribution >= 0.6 is 0 Å². The van der Waals surface area contributed by atoms with Gasteiger partial charge in [-0.2, -0.15) is 0 Å². The van der Waals surface area contributed by atoms with Gasteiger partial charge in [0.05, 0.1) is 0 Å². The molecule has 2 rings (SSSR count).